The second-order valence-electron chi connectivity index (χ2n) is 3.49. The van der Waals surface area contributed by atoms with E-state index in [0.29, 0.717) is 12.8 Å². The zero-order chi connectivity index (χ0) is 11.3. The van der Waals surface area contributed by atoms with E-state index in [1.165, 1.54) is 6.08 Å². The van der Waals surface area contributed by atoms with Crippen LogP contribution in [0.3, 0.4) is 0 Å². The standard InChI is InChI=1S/C11H16O4/c1-2-9-11(14)8(12)6-4-3-5-7-10(13)15-9/h2-4,8-9,11-12,14H,1,5-7H2/b4-3-/t8-,9+,11-/m0/s1. The summed E-state index contributed by atoms with van der Waals surface area (Å²) in [5.41, 5.74) is 0. The molecule has 1 heterocycles. The molecule has 1 aliphatic heterocycles. The van der Waals surface area contributed by atoms with Crippen molar-refractivity contribution in [3.05, 3.63) is 24.8 Å². The number of carbonyl (C=O) groups excluding carboxylic acids is 1. The van der Waals surface area contributed by atoms with Gasteiger partial charge in [0.25, 0.3) is 0 Å². The molecule has 3 atom stereocenters. The average Bonchev–Trinajstić information content (AvgIpc) is 2.23. The number of cyclic esters (lactones) is 1. The highest BCUT2D eigenvalue weighted by Crippen LogP contribution is 2.13. The van der Waals surface area contributed by atoms with E-state index in [1.807, 2.05) is 0 Å². The average molecular weight is 212 g/mol. The van der Waals surface area contributed by atoms with Gasteiger partial charge >= 0.3 is 5.97 Å². The summed E-state index contributed by atoms with van der Waals surface area (Å²) < 4.78 is 4.96. The van der Waals surface area contributed by atoms with E-state index in [0.717, 1.165) is 0 Å². The number of rotatable bonds is 1. The van der Waals surface area contributed by atoms with E-state index >= 15 is 0 Å². The summed E-state index contributed by atoms with van der Waals surface area (Å²) in [6, 6.07) is 0. The smallest absolute Gasteiger partial charge is 0.306 e. The molecule has 15 heavy (non-hydrogen) atoms. The Kier molecular flexibility index (Phi) is 4.52. The minimum Gasteiger partial charge on any atom is -0.455 e. The number of carbonyl (C=O) groups is 1. The normalized spacial score (nSPS) is 35.3. The number of aliphatic hydroxyl groups is 2. The minimum absolute atomic E-state index is 0.281. The highest BCUT2D eigenvalue weighted by Gasteiger charge is 2.26. The van der Waals surface area contributed by atoms with Gasteiger partial charge in [0.2, 0.25) is 0 Å². The molecule has 0 amide bonds. The summed E-state index contributed by atoms with van der Waals surface area (Å²) in [5.74, 6) is -0.391. The summed E-state index contributed by atoms with van der Waals surface area (Å²) in [6.45, 7) is 3.46. The summed E-state index contributed by atoms with van der Waals surface area (Å²) in [5, 5.41) is 19.2. The Bertz CT molecular complexity index is 259. The van der Waals surface area contributed by atoms with Crippen LogP contribution in [0.5, 0.6) is 0 Å². The zero-order valence-corrected chi connectivity index (χ0v) is 8.50. The molecule has 4 nitrogen and oxygen atoms in total. The molecule has 0 aliphatic carbocycles. The maximum Gasteiger partial charge on any atom is 0.306 e. The van der Waals surface area contributed by atoms with Gasteiger partial charge in [0.1, 0.15) is 12.2 Å². The van der Waals surface area contributed by atoms with Crippen molar-refractivity contribution in [2.45, 2.75) is 37.6 Å². The molecule has 0 bridgehead atoms. The molecule has 0 aromatic carbocycles. The van der Waals surface area contributed by atoms with E-state index in [-0.39, 0.29) is 6.42 Å². The predicted molar refractivity (Wildman–Crippen MR) is 55.1 cm³/mol. The first-order valence-corrected chi connectivity index (χ1v) is 4.98. The van der Waals surface area contributed by atoms with Crippen LogP contribution in [0.1, 0.15) is 19.3 Å². The van der Waals surface area contributed by atoms with Crippen molar-refractivity contribution >= 4 is 5.97 Å². The Labute approximate surface area is 88.9 Å². The summed E-state index contributed by atoms with van der Waals surface area (Å²) in [7, 11) is 0. The monoisotopic (exact) mass is 212 g/mol. The largest absolute Gasteiger partial charge is 0.455 e. The lowest BCUT2D eigenvalue weighted by atomic mass is 10.0. The van der Waals surface area contributed by atoms with Crippen molar-refractivity contribution in [1.29, 1.82) is 0 Å². The molecule has 0 fully saturated rings. The second kappa shape index (κ2) is 5.68. The topological polar surface area (TPSA) is 66.8 Å². The van der Waals surface area contributed by atoms with Gasteiger partial charge in [0.15, 0.2) is 0 Å². The lowest BCUT2D eigenvalue weighted by Crippen LogP contribution is -2.39. The molecule has 0 saturated heterocycles. The Morgan fingerprint density at radius 2 is 2.20 bits per heavy atom. The van der Waals surface area contributed by atoms with Gasteiger partial charge in [-0.3, -0.25) is 4.79 Å². The van der Waals surface area contributed by atoms with Crippen LogP contribution < -0.4 is 0 Å². The van der Waals surface area contributed by atoms with Crippen molar-refractivity contribution in [1.82, 2.24) is 0 Å². The van der Waals surface area contributed by atoms with Gasteiger partial charge in [-0.25, -0.2) is 0 Å². The molecule has 2 N–H and O–H groups in total. The highest BCUT2D eigenvalue weighted by atomic mass is 16.6. The van der Waals surface area contributed by atoms with Crippen LogP contribution in [0, 0.1) is 0 Å². The van der Waals surface area contributed by atoms with E-state index in [4.69, 9.17) is 4.74 Å². The Balaban J connectivity index is 2.74. The molecule has 1 aliphatic rings. The third-order valence-electron chi connectivity index (χ3n) is 2.29. The van der Waals surface area contributed by atoms with E-state index in [2.05, 4.69) is 6.58 Å². The third kappa shape index (κ3) is 3.49. The van der Waals surface area contributed by atoms with Crippen molar-refractivity contribution in [2.24, 2.45) is 0 Å². The predicted octanol–water partition coefficient (Wildman–Crippen LogP) is 0.546. The number of hydrogen-bond acceptors (Lipinski definition) is 4. The van der Waals surface area contributed by atoms with Gasteiger partial charge in [-0.05, 0) is 18.9 Å². The van der Waals surface area contributed by atoms with Crippen LogP contribution in [-0.2, 0) is 9.53 Å². The van der Waals surface area contributed by atoms with Gasteiger partial charge in [-0.15, -0.1) is 0 Å². The molecule has 0 aromatic heterocycles. The van der Waals surface area contributed by atoms with Crippen molar-refractivity contribution in [2.75, 3.05) is 0 Å². The third-order valence-corrected chi connectivity index (χ3v) is 2.29. The lowest BCUT2D eigenvalue weighted by Gasteiger charge is -2.24. The van der Waals surface area contributed by atoms with Crippen LogP contribution in [-0.4, -0.2) is 34.5 Å². The SMILES string of the molecule is C=C[C@H]1OC(=O)CC/C=C\C[C@H](O)[C@@H]1O. The highest BCUT2D eigenvalue weighted by molar-refractivity contribution is 5.70. The zero-order valence-electron chi connectivity index (χ0n) is 8.50. The second-order valence-corrected chi connectivity index (χ2v) is 3.49. The first-order valence-electron chi connectivity index (χ1n) is 4.98. The molecular formula is C11H16O4. The van der Waals surface area contributed by atoms with E-state index in [1.54, 1.807) is 12.2 Å². The fourth-order valence-electron chi connectivity index (χ4n) is 1.38. The van der Waals surface area contributed by atoms with E-state index in [9.17, 15) is 15.0 Å². The van der Waals surface area contributed by atoms with Crippen LogP contribution in [0.25, 0.3) is 0 Å². The van der Waals surface area contributed by atoms with Crippen LogP contribution in [0.15, 0.2) is 24.8 Å². The summed E-state index contributed by atoms with van der Waals surface area (Å²) in [6.07, 6.45) is 3.22. The summed E-state index contributed by atoms with van der Waals surface area (Å²) in [4.78, 5) is 11.2. The molecular weight excluding hydrogens is 196 g/mol. The molecule has 0 radical (unpaired) electrons. The quantitative estimate of drug-likeness (QED) is 0.492. The molecule has 0 unspecified atom stereocenters. The maximum atomic E-state index is 11.2. The van der Waals surface area contributed by atoms with Gasteiger partial charge in [0.05, 0.1) is 6.10 Å². The molecule has 1 rings (SSSR count). The maximum absolute atomic E-state index is 11.2. The van der Waals surface area contributed by atoms with Crippen molar-refractivity contribution < 1.29 is 19.7 Å². The molecule has 0 saturated carbocycles. The van der Waals surface area contributed by atoms with Gasteiger partial charge in [-0.2, -0.15) is 0 Å². The lowest BCUT2D eigenvalue weighted by molar-refractivity contribution is -0.155. The Morgan fingerprint density at radius 1 is 1.47 bits per heavy atom. The minimum atomic E-state index is -1.12. The van der Waals surface area contributed by atoms with Gasteiger partial charge in [0, 0.05) is 6.42 Å². The molecule has 0 aromatic rings. The number of ether oxygens (including phenoxy) is 1. The van der Waals surface area contributed by atoms with Gasteiger partial charge < -0.3 is 14.9 Å². The van der Waals surface area contributed by atoms with Crippen LogP contribution in [0.4, 0.5) is 0 Å². The first-order chi connectivity index (χ1) is 7.15. The molecule has 4 heteroatoms. The number of esters is 1. The fraction of sp³-hybridized carbons (Fsp3) is 0.545. The first kappa shape index (κ1) is 11.9. The van der Waals surface area contributed by atoms with Gasteiger partial charge in [-0.1, -0.05) is 18.7 Å². The Morgan fingerprint density at radius 3 is 2.87 bits per heavy atom. The number of allylic oxidation sites excluding steroid dienone is 1. The molecule has 84 valence electrons. The van der Waals surface area contributed by atoms with E-state index < -0.39 is 24.3 Å². The van der Waals surface area contributed by atoms with Crippen LogP contribution in [0.2, 0.25) is 0 Å². The fourth-order valence-corrected chi connectivity index (χ4v) is 1.38. The number of aliphatic hydroxyl groups excluding tert-OH is 2. The van der Waals surface area contributed by atoms with Crippen molar-refractivity contribution in [3.63, 3.8) is 0 Å². The molecule has 0 spiro atoms. The summed E-state index contributed by atoms with van der Waals surface area (Å²) >= 11 is 0. The van der Waals surface area contributed by atoms with Crippen LogP contribution >= 0.6 is 0 Å². The number of hydrogen-bond donors (Lipinski definition) is 2. The van der Waals surface area contributed by atoms with Crippen molar-refractivity contribution in [3.8, 4) is 0 Å². The Hall–Kier alpha value is -1.13.